The van der Waals surface area contributed by atoms with Gasteiger partial charge in [0.2, 0.25) is 5.91 Å². The Balaban J connectivity index is 2.04. The minimum atomic E-state index is -0.980. The molecule has 1 heterocycles. The van der Waals surface area contributed by atoms with Gasteiger partial charge in [0.05, 0.1) is 6.42 Å². The average Bonchev–Trinajstić information content (AvgIpc) is 2.80. The lowest BCUT2D eigenvalue weighted by Gasteiger charge is -2.11. The van der Waals surface area contributed by atoms with Crippen LogP contribution in [0.2, 0.25) is 0 Å². The van der Waals surface area contributed by atoms with Crippen LogP contribution in [0.25, 0.3) is 0 Å². The van der Waals surface area contributed by atoms with Gasteiger partial charge in [0.25, 0.3) is 0 Å². The highest BCUT2D eigenvalue weighted by Gasteiger charge is 2.11. The maximum absolute atomic E-state index is 12.1. The van der Waals surface area contributed by atoms with Crippen LogP contribution in [0.1, 0.15) is 22.3 Å². The molecule has 2 rings (SSSR count). The number of hydrogen-bond donors (Lipinski definition) is 2. The van der Waals surface area contributed by atoms with Gasteiger partial charge in [-0.3, -0.25) is 14.3 Å². The highest BCUT2D eigenvalue weighted by atomic mass is 16.4. The zero-order valence-electron chi connectivity index (χ0n) is 12.9. The molecule has 0 fully saturated rings. The first kappa shape index (κ1) is 15.8. The number of benzene rings is 1. The summed E-state index contributed by atoms with van der Waals surface area (Å²) < 4.78 is 1.26. The molecule has 0 saturated carbocycles. The predicted molar refractivity (Wildman–Crippen MR) is 82.8 cm³/mol. The van der Waals surface area contributed by atoms with Crippen LogP contribution in [0.4, 0.5) is 5.82 Å². The lowest BCUT2D eigenvalue weighted by molar-refractivity contribution is -0.137. The van der Waals surface area contributed by atoms with E-state index in [1.807, 2.05) is 20.8 Å². The largest absolute Gasteiger partial charge is 0.480 e. The van der Waals surface area contributed by atoms with Gasteiger partial charge in [0, 0.05) is 12.3 Å². The van der Waals surface area contributed by atoms with Gasteiger partial charge in [-0.2, -0.15) is 5.10 Å². The van der Waals surface area contributed by atoms with Crippen molar-refractivity contribution in [2.75, 3.05) is 5.32 Å². The minimum Gasteiger partial charge on any atom is -0.480 e. The van der Waals surface area contributed by atoms with Crippen molar-refractivity contribution in [3.05, 3.63) is 46.6 Å². The summed E-state index contributed by atoms with van der Waals surface area (Å²) in [5, 5.41) is 15.4. The second kappa shape index (κ2) is 6.43. The topological polar surface area (TPSA) is 84.2 Å². The Morgan fingerprint density at radius 3 is 2.45 bits per heavy atom. The Hall–Kier alpha value is -2.63. The Labute approximate surface area is 128 Å². The number of amides is 1. The molecule has 0 bridgehead atoms. The van der Waals surface area contributed by atoms with Crippen molar-refractivity contribution in [2.45, 2.75) is 33.7 Å². The van der Waals surface area contributed by atoms with Gasteiger partial charge in [-0.25, -0.2) is 0 Å². The summed E-state index contributed by atoms with van der Waals surface area (Å²) in [5.41, 5.74) is 4.35. The number of hydrogen-bond acceptors (Lipinski definition) is 3. The van der Waals surface area contributed by atoms with Crippen LogP contribution in [-0.4, -0.2) is 26.8 Å². The normalized spacial score (nSPS) is 10.5. The van der Waals surface area contributed by atoms with Crippen LogP contribution < -0.4 is 5.32 Å². The van der Waals surface area contributed by atoms with Gasteiger partial charge in [0.15, 0.2) is 5.82 Å². The van der Waals surface area contributed by atoms with Gasteiger partial charge in [-0.1, -0.05) is 17.7 Å². The van der Waals surface area contributed by atoms with E-state index in [4.69, 9.17) is 5.11 Å². The van der Waals surface area contributed by atoms with Crippen molar-refractivity contribution in [3.8, 4) is 0 Å². The third-order valence-corrected chi connectivity index (χ3v) is 3.38. The fourth-order valence-corrected chi connectivity index (χ4v) is 2.49. The van der Waals surface area contributed by atoms with Crippen molar-refractivity contribution in [1.82, 2.24) is 9.78 Å². The van der Waals surface area contributed by atoms with Crippen molar-refractivity contribution in [1.29, 1.82) is 0 Å². The monoisotopic (exact) mass is 301 g/mol. The number of anilines is 1. The first-order valence-corrected chi connectivity index (χ1v) is 6.97. The van der Waals surface area contributed by atoms with Gasteiger partial charge < -0.3 is 10.4 Å². The molecule has 0 radical (unpaired) electrons. The van der Waals surface area contributed by atoms with Crippen LogP contribution >= 0.6 is 0 Å². The van der Waals surface area contributed by atoms with E-state index < -0.39 is 5.97 Å². The molecule has 116 valence electrons. The molecule has 6 heteroatoms. The van der Waals surface area contributed by atoms with Crippen LogP contribution in [0, 0.1) is 20.8 Å². The smallest absolute Gasteiger partial charge is 0.325 e. The molecule has 2 aromatic rings. The molecule has 6 nitrogen and oxygen atoms in total. The highest BCUT2D eigenvalue weighted by molar-refractivity contribution is 5.91. The molecule has 0 saturated heterocycles. The van der Waals surface area contributed by atoms with Crippen molar-refractivity contribution in [3.63, 3.8) is 0 Å². The summed E-state index contributed by atoms with van der Waals surface area (Å²) in [6.07, 6.45) is 1.79. The number of aliphatic carboxylic acids is 1. The molecule has 0 aliphatic heterocycles. The number of carboxylic acids is 1. The van der Waals surface area contributed by atoms with Gasteiger partial charge in [-0.05, 0) is 37.5 Å². The van der Waals surface area contributed by atoms with E-state index in [0.29, 0.717) is 5.82 Å². The van der Waals surface area contributed by atoms with E-state index in [2.05, 4.69) is 22.5 Å². The lowest BCUT2D eigenvalue weighted by Crippen LogP contribution is -2.17. The number of rotatable bonds is 5. The number of aromatic nitrogens is 2. The summed E-state index contributed by atoms with van der Waals surface area (Å²) in [4.78, 5) is 22.7. The van der Waals surface area contributed by atoms with Gasteiger partial charge in [-0.15, -0.1) is 0 Å². The number of carbonyl (C=O) groups excluding carboxylic acids is 1. The zero-order valence-corrected chi connectivity index (χ0v) is 12.9. The third kappa shape index (κ3) is 3.94. The van der Waals surface area contributed by atoms with E-state index in [-0.39, 0.29) is 18.9 Å². The first-order chi connectivity index (χ1) is 10.3. The number of nitrogens with zero attached hydrogens (tertiary/aromatic N) is 2. The van der Waals surface area contributed by atoms with E-state index >= 15 is 0 Å². The molecule has 0 spiro atoms. The fourth-order valence-electron chi connectivity index (χ4n) is 2.49. The molecular weight excluding hydrogens is 282 g/mol. The second-order valence-electron chi connectivity index (χ2n) is 5.39. The quantitative estimate of drug-likeness (QED) is 0.885. The summed E-state index contributed by atoms with van der Waals surface area (Å²) >= 11 is 0. The van der Waals surface area contributed by atoms with E-state index in [1.165, 1.54) is 16.4 Å². The Morgan fingerprint density at radius 2 is 1.86 bits per heavy atom. The molecule has 0 aliphatic rings. The summed E-state index contributed by atoms with van der Waals surface area (Å²) in [6, 6.07) is 5.68. The minimum absolute atomic E-state index is 0.171. The fraction of sp³-hybridized carbons (Fsp3) is 0.312. The summed E-state index contributed by atoms with van der Waals surface area (Å²) in [5.74, 6) is -0.795. The van der Waals surface area contributed by atoms with Crippen LogP contribution in [0.5, 0.6) is 0 Å². The average molecular weight is 301 g/mol. The summed E-state index contributed by atoms with van der Waals surface area (Å²) in [6.45, 7) is 5.78. The second-order valence-corrected chi connectivity index (χ2v) is 5.39. The van der Waals surface area contributed by atoms with Crippen LogP contribution in [-0.2, 0) is 22.6 Å². The number of carbonyl (C=O) groups is 2. The molecule has 1 amide bonds. The highest BCUT2D eigenvalue weighted by Crippen LogP contribution is 2.17. The third-order valence-electron chi connectivity index (χ3n) is 3.38. The Morgan fingerprint density at radius 1 is 1.23 bits per heavy atom. The molecule has 0 aliphatic carbocycles. The molecule has 22 heavy (non-hydrogen) atoms. The van der Waals surface area contributed by atoms with Crippen molar-refractivity contribution in [2.24, 2.45) is 0 Å². The molecule has 1 aromatic carbocycles. The van der Waals surface area contributed by atoms with Crippen molar-refractivity contribution < 1.29 is 14.7 Å². The Kier molecular flexibility index (Phi) is 4.60. The molecule has 0 atom stereocenters. The zero-order chi connectivity index (χ0) is 16.3. The molecule has 1 aromatic heterocycles. The maximum atomic E-state index is 12.1. The Bertz CT molecular complexity index is 696. The molecular formula is C16H19N3O3. The van der Waals surface area contributed by atoms with Crippen LogP contribution in [0.15, 0.2) is 24.4 Å². The van der Waals surface area contributed by atoms with E-state index in [9.17, 15) is 9.59 Å². The van der Waals surface area contributed by atoms with Gasteiger partial charge in [0.1, 0.15) is 6.54 Å². The maximum Gasteiger partial charge on any atom is 0.325 e. The van der Waals surface area contributed by atoms with Gasteiger partial charge >= 0.3 is 5.97 Å². The number of nitrogens with one attached hydrogen (secondary N) is 1. The predicted octanol–water partition coefficient (Wildman–Crippen LogP) is 2.07. The number of carboxylic acid groups (broad SMARTS) is 1. The van der Waals surface area contributed by atoms with E-state index in [1.54, 1.807) is 6.07 Å². The van der Waals surface area contributed by atoms with Crippen LogP contribution in [0.3, 0.4) is 0 Å². The number of aryl methyl sites for hydroxylation is 3. The van der Waals surface area contributed by atoms with E-state index in [0.717, 1.165) is 16.7 Å². The summed E-state index contributed by atoms with van der Waals surface area (Å²) in [7, 11) is 0. The SMILES string of the molecule is Cc1cc(C)c(CC(=O)Nc2ccn(CC(=O)O)n2)c(C)c1. The lowest BCUT2D eigenvalue weighted by atomic mass is 9.97. The first-order valence-electron chi connectivity index (χ1n) is 6.97. The van der Waals surface area contributed by atoms with Crippen molar-refractivity contribution >= 4 is 17.7 Å². The molecule has 0 unspecified atom stereocenters. The molecule has 2 N–H and O–H groups in total. The standard InChI is InChI=1S/C16H19N3O3/c1-10-6-11(2)13(12(3)7-10)8-15(20)17-14-4-5-19(18-14)9-16(21)22/h4-7H,8-9H2,1-3H3,(H,21,22)(H,17,18,20).